The van der Waals surface area contributed by atoms with Gasteiger partial charge in [-0.3, -0.25) is 4.79 Å². The van der Waals surface area contributed by atoms with E-state index in [-0.39, 0.29) is 11.9 Å². The third kappa shape index (κ3) is 4.72. The fourth-order valence-corrected chi connectivity index (χ4v) is 0.961. The molecule has 0 aromatic heterocycles. The van der Waals surface area contributed by atoms with E-state index in [1.807, 2.05) is 0 Å². The van der Waals surface area contributed by atoms with E-state index in [4.69, 9.17) is 10.9 Å². The lowest BCUT2D eigenvalue weighted by Crippen LogP contribution is -2.28. The molecule has 0 bridgehead atoms. The van der Waals surface area contributed by atoms with Crippen LogP contribution >= 0.6 is 15.9 Å². The second-order valence-electron chi connectivity index (χ2n) is 1.99. The summed E-state index contributed by atoms with van der Waals surface area (Å²) in [7, 11) is 0. The van der Waals surface area contributed by atoms with Gasteiger partial charge in [-0.05, 0) is 6.42 Å². The van der Waals surface area contributed by atoms with Crippen LogP contribution in [0, 0.1) is 0 Å². The minimum atomic E-state index is -0.346. The van der Waals surface area contributed by atoms with Gasteiger partial charge in [-0.25, -0.2) is 5.48 Å². The Balaban J connectivity index is 3.34. The summed E-state index contributed by atoms with van der Waals surface area (Å²) in [4.78, 5) is 10.2. The highest BCUT2D eigenvalue weighted by Crippen LogP contribution is 1.98. The lowest BCUT2D eigenvalue weighted by Gasteiger charge is -2.08. The van der Waals surface area contributed by atoms with Crippen molar-refractivity contribution in [3.05, 3.63) is 0 Å². The number of carbonyl (C=O) groups is 1. The number of hydrogen-bond donors (Lipinski definition) is 3. The molecule has 0 rings (SSSR count). The monoisotopic (exact) mass is 210 g/mol. The van der Waals surface area contributed by atoms with Crippen LogP contribution in [0.5, 0.6) is 0 Å². The van der Waals surface area contributed by atoms with Crippen molar-refractivity contribution in [3.8, 4) is 0 Å². The van der Waals surface area contributed by atoms with Crippen molar-refractivity contribution >= 4 is 21.8 Å². The Hall–Kier alpha value is -0.130. The van der Waals surface area contributed by atoms with Gasteiger partial charge in [-0.2, -0.15) is 0 Å². The standard InChI is InChI=1S/C5H11BrN2O2/c6-3-4(8-10)1-2-5(7)9/h4,8,10H,1-3H2,(H2,7,9)/t4-/m0/s1. The predicted octanol–water partition coefficient (Wildman–Crippen LogP) is -0.00580. The van der Waals surface area contributed by atoms with Crippen LogP contribution in [0.2, 0.25) is 0 Å². The van der Waals surface area contributed by atoms with Crippen molar-refractivity contribution in [3.63, 3.8) is 0 Å². The smallest absolute Gasteiger partial charge is 0.217 e. The Morgan fingerprint density at radius 3 is 2.70 bits per heavy atom. The highest BCUT2D eigenvalue weighted by Gasteiger charge is 2.05. The van der Waals surface area contributed by atoms with E-state index in [1.54, 1.807) is 0 Å². The van der Waals surface area contributed by atoms with Crippen molar-refractivity contribution in [1.82, 2.24) is 5.48 Å². The van der Waals surface area contributed by atoms with E-state index < -0.39 is 0 Å². The molecule has 0 aliphatic rings. The Kier molecular flexibility index (Phi) is 5.57. The maximum atomic E-state index is 10.2. The minimum Gasteiger partial charge on any atom is -0.370 e. The molecule has 0 aromatic rings. The molecular formula is C5H11BrN2O2. The Bertz CT molecular complexity index is 106. The van der Waals surface area contributed by atoms with Crippen LogP contribution in [0.4, 0.5) is 0 Å². The second-order valence-corrected chi connectivity index (χ2v) is 2.63. The van der Waals surface area contributed by atoms with Gasteiger partial charge in [0.1, 0.15) is 0 Å². The summed E-state index contributed by atoms with van der Waals surface area (Å²) in [5, 5.41) is 9.01. The number of hydroxylamine groups is 1. The van der Waals surface area contributed by atoms with E-state index in [2.05, 4.69) is 21.4 Å². The first-order chi connectivity index (χ1) is 4.70. The number of carbonyl (C=O) groups excluding carboxylic acids is 1. The van der Waals surface area contributed by atoms with Gasteiger partial charge in [-0.1, -0.05) is 15.9 Å². The number of primary amides is 1. The van der Waals surface area contributed by atoms with Gasteiger partial charge in [0.25, 0.3) is 0 Å². The van der Waals surface area contributed by atoms with Gasteiger partial charge in [-0.15, -0.1) is 0 Å². The van der Waals surface area contributed by atoms with Gasteiger partial charge in [0.15, 0.2) is 0 Å². The summed E-state index contributed by atoms with van der Waals surface area (Å²) in [6.45, 7) is 0. The Morgan fingerprint density at radius 1 is 1.80 bits per heavy atom. The normalized spacial score (nSPS) is 13.0. The molecule has 1 atom stereocenters. The quantitative estimate of drug-likeness (QED) is 0.442. The van der Waals surface area contributed by atoms with Crippen LogP contribution in [0.15, 0.2) is 0 Å². The highest BCUT2D eigenvalue weighted by atomic mass is 79.9. The molecule has 0 radical (unpaired) electrons. The van der Waals surface area contributed by atoms with Gasteiger partial charge in [0, 0.05) is 17.8 Å². The van der Waals surface area contributed by atoms with E-state index in [1.165, 1.54) is 0 Å². The van der Waals surface area contributed by atoms with Crippen LogP contribution in [-0.4, -0.2) is 22.5 Å². The number of nitrogens with two attached hydrogens (primary N) is 1. The van der Waals surface area contributed by atoms with Gasteiger partial charge in [0.05, 0.1) is 0 Å². The van der Waals surface area contributed by atoms with Crippen molar-refractivity contribution in [2.75, 3.05) is 5.33 Å². The third-order valence-electron chi connectivity index (χ3n) is 1.11. The Morgan fingerprint density at radius 2 is 2.40 bits per heavy atom. The number of nitrogens with one attached hydrogen (secondary N) is 1. The van der Waals surface area contributed by atoms with Crippen molar-refractivity contribution < 1.29 is 10.0 Å². The predicted molar refractivity (Wildman–Crippen MR) is 40.9 cm³/mol. The van der Waals surface area contributed by atoms with Crippen LogP contribution in [0.1, 0.15) is 12.8 Å². The van der Waals surface area contributed by atoms with E-state index in [0.29, 0.717) is 18.2 Å². The summed E-state index contributed by atoms with van der Waals surface area (Å²) in [5.41, 5.74) is 6.94. The summed E-state index contributed by atoms with van der Waals surface area (Å²) in [6.07, 6.45) is 0.848. The molecular weight excluding hydrogens is 200 g/mol. The fraction of sp³-hybridized carbons (Fsp3) is 0.800. The fourth-order valence-electron chi connectivity index (χ4n) is 0.493. The first kappa shape index (κ1) is 9.87. The highest BCUT2D eigenvalue weighted by molar-refractivity contribution is 9.09. The molecule has 0 saturated carbocycles. The number of alkyl halides is 1. The zero-order valence-corrected chi connectivity index (χ0v) is 7.10. The maximum absolute atomic E-state index is 10.2. The van der Waals surface area contributed by atoms with Gasteiger partial charge in [0.2, 0.25) is 5.91 Å². The molecule has 4 N–H and O–H groups in total. The van der Waals surface area contributed by atoms with Crippen molar-refractivity contribution in [2.24, 2.45) is 5.73 Å². The van der Waals surface area contributed by atoms with E-state index in [0.717, 1.165) is 0 Å². The maximum Gasteiger partial charge on any atom is 0.217 e. The molecule has 5 heteroatoms. The summed E-state index contributed by atoms with van der Waals surface area (Å²) in [6, 6.07) is -0.0903. The average Bonchev–Trinajstić information content (AvgIpc) is 1.90. The summed E-state index contributed by atoms with van der Waals surface area (Å²) < 4.78 is 0. The zero-order valence-electron chi connectivity index (χ0n) is 5.51. The zero-order chi connectivity index (χ0) is 7.98. The van der Waals surface area contributed by atoms with Crippen molar-refractivity contribution in [1.29, 1.82) is 0 Å². The molecule has 10 heavy (non-hydrogen) atoms. The minimum absolute atomic E-state index is 0.0903. The van der Waals surface area contributed by atoms with Crippen molar-refractivity contribution in [2.45, 2.75) is 18.9 Å². The molecule has 0 saturated heterocycles. The van der Waals surface area contributed by atoms with Crippen LogP contribution in [0.3, 0.4) is 0 Å². The van der Waals surface area contributed by atoms with E-state index >= 15 is 0 Å². The molecule has 1 amide bonds. The summed E-state index contributed by atoms with van der Waals surface area (Å²) >= 11 is 3.15. The third-order valence-corrected chi connectivity index (χ3v) is 1.89. The first-order valence-corrected chi connectivity index (χ1v) is 4.06. The lowest BCUT2D eigenvalue weighted by molar-refractivity contribution is -0.118. The molecule has 4 nitrogen and oxygen atoms in total. The van der Waals surface area contributed by atoms with Crippen LogP contribution < -0.4 is 11.2 Å². The molecule has 0 aliphatic heterocycles. The van der Waals surface area contributed by atoms with Crippen LogP contribution in [-0.2, 0) is 4.79 Å². The number of rotatable bonds is 5. The summed E-state index contributed by atoms with van der Waals surface area (Å²) in [5.74, 6) is -0.346. The number of halogens is 1. The van der Waals surface area contributed by atoms with Crippen LogP contribution in [0.25, 0.3) is 0 Å². The molecule has 0 fully saturated rings. The lowest BCUT2D eigenvalue weighted by atomic mass is 10.2. The molecule has 0 aromatic carbocycles. The molecule has 0 aliphatic carbocycles. The molecule has 0 spiro atoms. The number of hydrogen-bond acceptors (Lipinski definition) is 3. The topological polar surface area (TPSA) is 75.4 Å². The van der Waals surface area contributed by atoms with Gasteiger partial charge >= 0.3 is 0 Å². The Labute approximate surface area is 67.9 Å². The first-order valence-electron chi connectivity index (χ1n) is 2.94. The van der Waals surface area contributed by atoms with Gasteiger partial charge < -0.3 is 10.9 Å². The number of amides is 1. The van der Waals surface area contributed by atoms with E-state index in [9.17, 15) is 4.79 Å². The SMILES string of the molecule is NC(=O)CC[C@@H](CBr)NO. The molecule has 60 valence electrons. The molecule has 0 unspecified atom stereocenters. The largest absolute Gasteiger partial charge is 0.370 e. The molecule has 0 heterocycles. The second kappa shape index (κ2) is 5.64. The average molecular weight is 211 g/mol.